The molecule has 1 rings (SSSR count). The number of ether oxygens (including phenoxy) is 3. The van der Waals surface area contributed by atoms with Gasteiger partial charge in [-0.2, -0.15) is 0 Å². The van der Waals surface area contributed by atoms with Crippen LogP contribution in [-0.2, 0) is 15.9 Å². The van der Waals surface area contributed by atoms with Crippen molar-refractivity contribution in [2.24, 2.45) is 0 Å². The maximum absolute atomic E-state index is 5.68. The summed E-state index contributed by atoms with van der Waals surface area (Å²) in [5.74, 6) is 0.790. The van der Waals surface area contributed by atoms with Gasteiger partial charge in [0.1, 0.15) is 6.29 Å². The minimum atomic E-state index is -0.304. The van der Waals surface area contributed by atoms with E-state index >= 15 is 0 Å². The molecular formula is C15H21NaO3. The molecule has 4 heteroatoms. The number of hydrogen-bond acceptors (Lipinski definition) is 3. The smallest absolute Gasteiger partial charge is 0.632 e. The molecule has 0 aliphatic rings. The van der Waals surface area contributed by atoms with E-state index in [-0.39, 0.29) is 35.8 Å². The number of para-hydroxylation sites is 1. The molecule has 0 saturated heterocycles. The summed E-state index contributed by atoms with van der Waals surface area (Å²) in [6.07, 6.45) is 2.79. The van der Waals surface area contributed by atoms with E-state index in [4.69, 9.17) is 14.2 Å². The van der Waals surface area contributed by atoms with Crippen molar-refractivity contribution in [3.8, 4) is 5.75 Å². The average Bonchev–Trinajstić information content (AvgIpc) is 2.32. The molecule has 1 aromatic carbocycles. The third-order valence-corrected chi connectivity index (χ3v) is 2.32. The molecular weight excluding hydrogens is 251 g/mol. The number of rotatable bonds is 8. The van der Waals surface area contributed by atoms with E-state index in [1.165, 1.54) is 0 Å². The van der Waals surface area contributed by atoms with Crippen LogP contribution in [0.5, 0.6) is 5.75 Å². The van der Waals surface area contributed by atoms with Crippen LogP contribution in [0, 0.1) is 6.29 Å². The van der Waals surface area contributed by atoms with Gasteiger partial charge in [0, 0.05) is 6.61 Å². The standard InChI is InChI=1S/C15H21O3.Na/c1-5-9-14-10-7-8-11-15(14)18-13(4)17-12(3)16-6-2;/h5,7-8,10-12H,1,6,9H2,2-4H3;/q-1;+1. The Hall–Kier alpha value is -0.320. The molecule has 0 amide bonds. The van der Waals surface area contributed by atoms with E-state index in [2.05, 4.69) is 6.58 Å². The average molecular weight is 272 g/mol. The molecule has 0 saturated carbocycles. The van der Waals surface area contributed by atoms with Crippen LogP contribution in [0.1, 0.15) is 26.3 Å². The third-order valence-electron chi connectivity index (χ3n) is 2.32. The van der Waals surface area contributed by atoms with Gasteiger partial charge in [0.2, 0.25) is 0 Å². The second-order valence-corrected chi connectivity index (χ2v) is 3.83. The van der Waals surface area contributed by atoms with Gasteiger partial charge in [-0.3, -0.25) is 0 Å². The monoisotopic (exact) mass is 272 g/mol. The first-order valence-electron chi connectivity index (χ1n) is 6.15. The summed E-state index contributed by atoms with van der Waals surface area (Å²) in [5.41, 5.74) is 1.08. The van der Waals surface area contributed by atoms with Crippen LogP contribution in [-0.4, -0.2) is 12.9 Å². The van der Waals surface area contributed by atoms with Gasteiger partial charge in [0.25, 0.3) is 0 Å². The van der Waals surface area contributed by atoms with E-state index in [0.29, 0.717) is 12.9 Å². The molecule has 0 aliphatic carbocycles. The van der Waals surface area contributed by atoms with E-state index in [9.17, 15) is 0 Å². The van der Waals surface area contributed by atoms with Gasteiger partial charge in [0.05, 0.1) is 5.75 Å². The largest absolute Gasteiger partial charge is 1.00 e. The summed E-state index contributed by atoms with van der Waals surface area (Å²) < 4.78 is 16.4. The maximum atomic E-state index is 5.68. The quantitative estimate of drug-likeness (QED) is 0.302. The van der Waals surface area contributed by atoms with E-state index in [1.54, 1.807) is 6.92 Å². The van der Waals surface area contributed by atoms with Crippen molar-refractivity contribution in [3.05, 3.63) is 48.8 Å². The Bertz CT molecular complexity index is 368. The molecule has 1 atom stereocenters. The molecule has 0 N–H and O–H groups in total. The van der Waals surface area contributed by atoms with Crippen LogP contribution in [0.15, 0.2) is 36.9 Å². The molecule has 1 unspecified atom stereocenters. The number of benzene rings is 1. The fourth-order valence-corrected chi connectivity index (χ4v) is 1.61. The minimum Gasteiger partial charge on any atom is -0.632 e. The van der Waals surface area contributed by atoms with Gasteiger partial charge in [-0.25, -0.2) is 0 Å². The van der Waals surface area contributed by atoms with Gasteiger partial charge in [-0.15, -0.1) is 13.5 Å². The van der Waals surface area contributed by atoms with E-state index in [0.717, 1.165) is 17.7 Å². The summed E-state index contributed by atoms with van der Waals surface area (Å²) in [6.45, 7) is 9.89. The van der Waals surface area contributed by atoms with Crippen molar-refractivity contribution in [2.45, 2.75) is 33.5 Å². The molecule has 19 heavy (non-hydrogen) atoms. The van der Waals surface area contributed by atoms with Crippen LogP contribution < -0.4 is 34.3 Å². The third kappa shape index (κ3) is 7.14. The van der Waals surface area contributed by atoms with Crippen molar-refractivity contribution in [2.75, 3.05) is 6.61 Å². The van der Waals surface area contributed by atoms with Crippen LogP contribution in [0.25, 0.3) is 0 Å². The zero-order chi connectivity index (χ0) is 13.4. The van der Waals surface area contributed by atoms with Crippen molar-refractivity contribution >= 4 is 0 Å². The first-order valence-corrected chi connectivity index (χ1v) is 6.15. The Morgan fingerprint density at radius 3 is 2.68 bits per heavy atom. The van der Waals surface area contributed by atoms with Crippen molar-refractivity contribution in [3.63, 3.8) is 0 Å². The molecule has 0 radical (unpaired) electrons. The molecule has 0 aliphatic heterocycles. The fourth-order valence-electron chi connectivity index (χ4n) is 1.61. The molecule has 0 heterocycles. The minimum absolute atomic E-state index is 0. The van der Waals surface area contributed by atoms with Gasteiger partial charge < -0.3 is 14.2 Å². The van der Waals surface area contributed by atoms with E-state index < -0.39 is 0 Å². The molecule has 0 spiro atoms. The zero-order valence-electron chi connectivity index (χ0n) is 12.3. The molecule has 0 aromatic heterocycles. The Morgan fingerprint density at radius 2 is 2.05 bits per heavy atom. The molecule has 3 nitrogen and oxygen atoms in total. The number of hydrogen-bond donors (Lipinski definition) is 0. The summed E-state index contributed by atoms with van der Waals surface area (Å²) in [4.78, 5) is 0. The summed E-state index contributed by atoms with van der Waals surface area (Å²) in [5, 5.41) is 0. The van der Waals surface area contributed by atoms with Crippen molar-refractivity contribution < 1.29 is 43.8 Å². The second-order valence-electron chi connectivity index (χ2n) is 3.83. The second kappa shape index (κ2) is 10.5. The zero-order valence-corrected chi connectivity index (χ0v) is 14.3. The normalized spacial score (nSPS) is 11.8. The first-order chi connectivity index (χ1) is 8.67. The Labute approximate surface area is 138 Å². The van der Waals surface area contributed by atoms with Gasteiger partial charge >= 0.3 is 29.6 Å². The predicted molar refractivity (Wildman–Crippen MR) is 72.1 cm³/mol. The number of allylic oxidation sites excluding steroid dienone is 1. The van der Waals surface area contributed by atoms with Crippen molar-refractivity contribution in [1.82, 2.24) is 0 Å². The summed E-state index contributed by atoms with van der Waals surface area (Å²) in [7, 11) is 0. The first kappa shape index (κ1) is 18.7. The maximum Gasteiger partial charge on any atom is 1.00 e. The topological polar surface area (TPSA) is 27.7 Å². The van der Waals surface area contributed by atoms with E-state index in [1.807, 2.05) is 44.2 Å². The summed E-state index contributed by atoms with van der Waals surface area (Å²) >= 11 is 0. The van der Waals surface area contributed by atoms with Crippen LogP contribution >= 0.6 is 0 Å². The van der Waals surface area contributed by atoms with Gasteiger partial charge in [-0.1, -0.05) is 24.3 Å². The Balaban J connectivity index is 0.00000324. The molecule has 0 fully saturated rings. The molecule has 1 aromatic rings. The van der Waals surface area contributed by atoms with Crippen LogP contribution in [0.2, 0.25) is 0 Å². The van der Waals surface area contributed by atoms with Gasteiger partial charge in [-0.05, 0) is 38.2 Å². The predicted octanol–water partition coefficient (Wildman–Crippen LogP) is 0.706. The molecule has 100 valence electrons. The Morgan fingerprint density at radius 1 is 1.37 bits per heavy atom. The Kier molecular flexibility index (Phi) is 10.3. The fraction of sp³-hybridized carbons (Fsp3) is 0.400. The van der Waals surface area contributed by atoms with Crippen molar-refractivity contribution in [1.29, 1.82) is 0 Å². The van der Waals surface area contributed by atoms with Crippen LogP contribution in [0.4, 0.5) is 0 Å². The van der Waals surface area contributed by atoms with Crippen LogP contribution in [0.3, 0.4) is 0 Å². The van der Waals surface area contributed by atoms with Gasteiger partial charge in [0.15, 0.2) is 0 Å². The SMILES string of the molecule is C=CCc1ccccc1O[C-](C)OC(C)OCC.[Na+]. The molecule has 0 bridgehead atoms. The summed E-state index contributed by atoms with van der Waals surface area (Å²) in [6, 6.07) is 7.83.